The highest BCUT2D eigenvalue weighted by atomic mass is 16.6. The number of ether oxygens (including phenoxy) is 2. The largest absolute Gasteiger partial charge is 0.469 e. The van der Waals surface area contributed by atoms with Gasteiger partial charge >= 0.3 is 5.97 Å². The molecule has 5 fully saturated rings. The summed E-state index contributed by atoms with van der Waals surface area (Å²) in [6.07, 6.45) is 7.64. The molecule has 9 atom stereocenters. The molecular formula is C32H46O5. The molecule has 204 valence electrons. The molecule has 6 rings (SSSR count). The van der Waals surface area contributed by atoms with E-state index in [1.807, 2.05) is 6.08 Å². The minimum absolute atomic E-state index is 0.0139. The Morgan fingerprint density at radius 2 is 1.57 bits per heavy atom. The lowest BCUT2D eigenvalue weighted by atomic mass is 9.31. The summed E-state index contributed by atoms with van der Waals surface area (Å²) in [5.41, 5.74) is -0.918. The first-order valence-corrected chi connectivity index (χ1v) is 14.5. The van der Waals surface area contributed by atoms with Crippen LogP contribution in [0.1, 0.15) is 100 Å². The van der Waals surface area contributed by atoms with Crippen molar-refractivity contribution in [3.63, 3.8) is 0 Å². The fraction of sp³-hybridized carbons (Fsp3) is 0.844. The second kappa shape index (κ2) is 6.98. The van der Waals surface area contributed by atoms with Gasteiger partial charge in [0.15, 0.2) is 11.6 Å². The number of carbonyl (C=O) groups excluding carboxylic acids is 3. The van der Waals surface area contributed by atoms with Crippen LogP contribution >= 0.6 is 0 Å². The van der Waals surface area contributed by atoms with Crippen molar-refractivity contribution in [3.8, 4) is 0 Å². The molecule has 0 radical (unpaired) electrons. The van der Waals surface area contributed by atoms with Crippen LogP contribution in [0.4, 0.5) is 0 Å². The average Bonchev–Trinajstić information content (AvgIpc) is 3.63. The van der Waals surface area contributed by atoms with Crippen molar-refractivity contribution in [3.05, 3.63) is 11.6 Å². The van der Waals surface area contributed by atoms with Gasteiger partial charge in [-0.05, 0) is 78.6 Å². The van der Waals surface area contributed by atoms with Crippen molar-refractivity contribution in [2.75, 3.05) is 7.11 Å². The normalized spacial score (nSPS) is 52.9. The van der Waals surface area contributed by atoms with Gasteiger partial charge in [-0.3, -0.25) is 14.4 Å². The van der Waals surface area contributed by atoms with Gasteiger partial charge in [0.05, 0.1) is 12.5 Å². The molecule has 1 aliphatic heterocycles. The zero-order chi connectivity index (χ0) is 27.2. The molecule has 0 aromatic rings. The van der Waals surface area contributed by atoms with E-state index in [-0.39, 0.29) is 68.7 Å². The lowest BCUT2D eigenvalue weighted by Gasteiger charge is -2.71. The summed E-state index contributed by atoms with van der Waals surface area (Å²) < 4.78 is 11.6. The van der Waals surface area contributed by atoms with E-state index in [1.165, 1.54) is 12.7 Å². The highest BCUT2D eigenvalue weighted by Gasteiger charge is 2.80. The predicted molar refractivity (Wildman–Crippen MR) is 140 cm³/mol. The highest BCUT2D eigenvalue weighted by Crippen LogP contribution is 2.79. The molecule has 0 aromatic heterocycles. The number of rotatable bonds is 1. The first-order valence-electron chi connectivity index (χ1n) is 14.5. The molecule has 6 aliphatic rings. The monoisotopic (exact) mass is 510 g/mol. The van der Waals surface area contributed by atoms with Crippen LogP contribution < -0.4 is 0 Å². The van der Waals surface area contributed by atoms with Gasteiger partial charge in [-0.15, -0.1) is 0 Å². The summed E-state index contributed by atoms with van der Waals surface area (Å²) in [6, 6.07) is 0. The quantitative estimate of drug-likeness (QED) is 0.315. The molecule has 4 saturated carbocycles. The lowest BCUT2D eigenvalue weighted by Crippen LogP contribution is -2.69. The minimum atomic E-state index is -0.567. The van der Waals surface area contributed by atoms with Crippen LogP contribution in [0, 0.1) is 49.7 Å². The van der Waals surface area contributed by atoms with Crippen LogP contribution in [0.5, 0.6) is 0 Å². The third-order valence-corrected chi connectivity index (χ3v) is 14.1. The maximum absolute atomic E-state index is 14.5. The number of esters is 1. The molecule has 0 amide bonds. The standard InChI is InChI=1S/C32H46O5/c1-26(2)10-14-32(25(35)36-9)15-12-29(6)21(18(32)17-26)19(33)16-20-28(29,5)11-13-30(7)27(3,4)23(34)22-24(37-22)31(20,30)8/h16,18,21-22,24H,10-15,17H2,1-9H3. The number of methoxy groups -OCH3 is 1. The lowest BCUT2D eigenvalue weighted by molar-refractivity contribution is -0.197. The van der Waals surface area contributed by atoms with E-state index in [1.54, 1.807) is 0 Å². The van der Waals surface area contributed by atoms with Crippen LogP contribution in [0.2, 0.25) is 0 Å². The average molecular weight is 511 g/mol. The zero-order valence-corrected chi connectivity index (χ0v) is 24.4. The number of fused-ring (bicyclic) bond motifs is 9. The van der Waals surface area contributed by atoms with Crippen LogP contribution in [0.25, 0.3) is 0 Å². The first-order chi connectivity index (χ1) is 17.0. The van der Waals surface area contributed by atoms with Crippen molar-refractivity contribution in [2.24, 2.45) is 49.7 Å². The Morgan fingerprint density at radius 1 is 0.919 bits per heavy atom. The smallest absolute Gasteiger partial charge is 0.312 e. The van der Waals surface area contributed by atoms with Gasteiger partial charge in [-0.1, -0.05) is 61.0 Å². The second-order valence-electron chi connectivity index (χ2n) is 15.8. The summed E-state index contributed by atoms with van der Waals surface area (Å²) in [4.78, 5) is 41.3. The van der Waals surface area contributed by atoms with E-state index in [0.29, 0.717) is 0 Å². The Balaban J connectivity index is 1.53. The van der Waals surface area contributed by atoms with E-state index in [0.717, 1.165) is 44.9 Å². The summed E-state index contributed by atoms with van der Waals surface area (Å²) in [5, 5.41) is 0. The number of ketones is 2. The Hall–Kier alpha value is -1.49. The molecule has 0 spiro atoms. The summed E-state index contributed by atoms with van der Waals surface area (Å²) >= 11 is 0. The molecule has 0 bridgehead atoms. The maximum atomic E-state index is 14.5. The number of carbonyl (C=O) groups is 3. The third kappa shape index (κ3) is 2.64. The minimum Gasteiger partial charge on any atom is -0.469 e. The Bertz CT molecular complexity index is 1150. The number of hydrogen-bond donors (Lipinski definition) is 0. The molecule has 0 N–H and O–H groups in total. The van der Waals surface area contributed by atoms with E-state index < -0.39 is 10.8 Å². The first kappa shape index (κ1) is 25.8. The van der Waals surface area contributed by atoms with Gasteiger partial charge in [-0.25, -0.2) is 0 Å². The van der Waals surface area contributed by atoms with E-state index in [9.17, 15) is 14.4 Å². The Morgan fingerprint density at radius 3 is 2.22 bits per heavy atom. The van der Waals surface area contributed by atoms with Gasteiger partial charge in [-0.2, -0.15) is 0 Å². The molecule has 1 heterocycles. The molecule has 5 heteroatoms. The van der Waals surface area contributed by atoms with Gasteiger partial charge in [0.25, 0.3) is 0 Å². The fourth-order valence-corrected chi connectivity index (χ4v) is 10.9. The van der Waals surface area contributed by atoms with Crippen LogP contribution in [0.3, 0.4) is 0 Å². The van der Waals surface area contributed by atoms with Gasteiger partial charge in [0.1, 0.15) is 12.2 Å². The van der Waals surface area contributed by atoms with Crippen LogP contribution in [0.15, 0.2) is 11.6 Å². The van der Waals surface area contributed by atoms with Crippen molar-refractivity contribution in [1.29, 1.82) is 0 Å². The third-order valence-electron chi connectivity index (χ3n) is 14.1. The number of hydrogen-bond acceptors (Lipinski definition) is 5. The van der Waals surface area contributed by atoms with Crippen molar-refractivity contribution in [1.82, 2.24) is 0 Å². The SMILES string of the molecule is COC(=O)C12CCC(C)(C)CC1C1C(=O)C=C3C(C)(CCC4(C)C(C)(C)C(=O)C5OC5C34C)C1(C)CC2. The van der Waals surface area contributed by atoms with E-state index in [2.05, 4.69) is 55.4 Å². The highest BCUT2D eigenvalue weighted by molar-refractivity contribution is 5.98. The van der Waals surface area contributed by atoms with Gasteiger partial charge < -0.3 is 9.47 Å². The summed E-state index contributed by atoms with van der Waals surface area (Å²) in [7, 11) is 1.50. The Kier molecular flexibility index (Phi) is 4.86. The van der Waals surface area contributed by atoms with Crippen LogP contribution in [-0.4, -0.2) is 36.9 Å². The molecule has 5 aliphatic carbocycles. The van der Waals surface area contributed by atoms with Crippen molar-refractivity contribution in [2.45, 2.75) is 113 Å². The molecular weight excluding hydrogens is 464 g/mol. The molecule has 9 unspecified atom stereocenters. The van der Waals surface area contributed by atoms with Crippen molar-refractivity contribution < 1.29 is 23.9 Å². The van der Waals surface area contributed by atoms with Gasteiger partial charge in [0.2, 0.25) is 0 Å². The summed E-state index contributed by atoms with van der Waals surface area (Å²) in [5.74, 6) is 0.0735. The molecule has 37 heavy (non-hydrogen) atoms. The number of epoxide rings is 1. The molecule has 0 aromatic carbocycles. The fourth-order valence-electron chi connectivity index (χ4n) is 10.9. The topological polar surface area (TPSA) is 73.0 Å². The number of Topliss-reactive ketones (excluding diaryl/α,β-unsaturated/α-hetero) is 1. The molecule has 1 saturated heterocycles. The predicted octanol–water partition coefficient (Wildman–Crippen LogP) is 6.09. The Labute approximate surface area is 222 Å². The zero-order valence-electron chi connectivity index (χ0n) is 24.4. The van der Waals surface area contributed by atoms with Crippen molar-refractivity contribution >= 4 is 17.5 Å². The van der Waals surface area contributed by atoms with Crippen LogP contribution in [-0.2, 0) is 23.9 Å². The maximum Gasteiger partial charge on any atom is 0.312 e. The second-order valence-corrected chi connectivity index (χ2v) is 15.8. The molecule has 5 nitrogen and oxygen atoms in total. The van der Waals surface area contributed by atoms with Gasteiger partial charge in [0, 0.05) is 16.7 Å². The van der Waals surface area contributed by atoms with E-state index in [4.69, 9.17) is 9.47 Å². The summed E-state index contributed by atoms with van der Waals surface area (Å²) in [6.45, 7) is 18.1. The number of allylic oxidation sites excluding steroid dienone is 1. The van der Waals surface area contributed by atoms with E-state index >= 15 is 0 Å².